The van der Waals surface area contributed by atoms with Gasteiger partial charge in [-0.2, -0.15) is 5.10 Å². The molecule has 1 amide bonds. The van der Waals surface area contributed by atoms with Crippen LogP contribution in [0.15, 0.2) is 60.7 Å². The zero-order valence-electron chi connectivity index (χ0n) is 17.9. The van der Waals surface area contributed by atoms with Crippen molar-refractivity contribution >= 4 is 27.5 Å². The molecule has 3 heterocycles. The molecule has 0 radical (unpaired) electrons. The first-order chi connectivity index (χ1) is 15.5. The Bertz CT molecular complexity index is 1230. The second-order valence-electron chi connectivity index (χ2n) is 8.38. The van der Waals surface area contributed by atoms with Gasteiger partial charge in [0.25, 0.3) is 5.91 Å². The maximum atomic E-state index is 13.2. The van der Waals surface area contributed by atoms with E-state index in [0.29, 0.717) is 11.4 Å². The Kier molecular flexibility index (Phi) is 5.76. The Morgan fingerprint density at radius 1 is 1.12 bits per heavy atom. The molecule has 0 unspecified atom stereocenters. The van der Waals surface area contributed by atoms with Crippen molar-refractivity contribution in [1.82, 2.24) is 20.0 Å². The molecular formula is C25H25FN4OS. The molecule has 2 aromatic heterocycles. The fourth-order valence-electron chi connectivity index (χ4n) is 4.29. The molecule has 1 aliphatic rings. The average Bonchev–Trinajstić information content (AvgIpc) is 3.49. The maximum Gasteiger partial charge on any atom is 0.261 e. The van der Waals surface area contributed by atoms with Crippen LogP contribution in [0.5, 0.6) is 0 Å². The molecule has 5 rings (SSSR count). The van der Waals surface area contributed by atoms with Gasteiger partial charge in [-0.1, -0.05) is 42.5 Å². The molecule has 0 bridgehead atoms. The molecule has 1 atom stereocenters. The normalized spacial score (nSPS) is 16.6. The molecular weight excluding hydrogens is 423 g/mol. The first-order valence-corrected chi connectivity index (χ1v) is 11.7. The smallest absolute Gasteiger partial charge is 0.261 e. The number of aryl methyl sites for hydroxylation is 1. The van der Waals surface area contributed by atoms with Crippen molar-refractivity contribution in [2.75, 3.05) is 13.1 Å². The van der Waals surface area contributed by atoms with E-state index < -0.39 is 0 Å². The highest BCUT2D eigenvalue weighted by Gasteiger charge is 2.25. The highest BCUT2D eigenvalue weighted by atomic mass is 32.1. The average molecular weight is 449 g/mol. The van der Waals surface area contributed by atoms with E-state index in [0.717, 1.165) is 47.5 Å². The van der Waals surface area contributed by atoms with Gasteiger partial charge in [-0.3, -0.25) is 14.4 Å². The molecule has 0 saturated carbocycles. The number of hydrogen-bond donors (Lipinski definition) is 1. The summed E-state index contributed by atoms with van der Waals surface area (Å²) in [6, 6.07) is 19.0. The summed E-state index contributed by atoms with van der Waals surface area (Å²) in [7, 11) is 0. The molecule has 164 valence electrons. The summed E-state index contributed by atoms with van der Waals surface area (Å²) >= 11 is 1.46. The number of fused-ring (bicyclic) bond motifs is 1. The van der Waals surface area contributed by atoms with Gasteiger partial charge in [0.05, 0.1) is 17.1 Å². The summed E-state index contributed by atoms with van der Waals surface area (Å²) < 4.78 is 15.1. The van der Waals surface area contributed by atoms with Gasteiger partial charge >= 0.3 is 0 Å². The topological polar surface area (TPSA) is 50.2 Å². The minimum Gasteiger partial charge on any atom is -0.347 e. The third kappa shape index (κ3) is 4.45. The van der Waals surface area contributed by atoms with Crippen LogP contribution in [0.3, 0.4) is 0 Å². The predicted molar refractivity (Wildman–Crippen MR) is 125 cm³/mol. The van der Waals surface area contributed by atoms with Gasteiger partial charge < -0.3 is 5.32 Å². The number of nitrogens with zero attached hydrogens (tertiary/aromatic N) is 3. The molecule has 1 saturated heterocycles. The van der Waals surface area contributed by atoms with E-state index in [9.17, 15) is 9.18 Å². The van der Waals surface area contributed by atoms with Crippen LogP contribution >= 0.6 is 11.3 Å². The van der Waals surface area contributed by atoms with Crippen LogP contribution in [0.2, 0.25) is 0 Å². The Morgan fingerprint density at radius 2 is 1.88 bits per heavy atom. The molecule has 1 fully saturated rings. The van der Waals surface area contributed by atoms with Crippen molar-refractivity contribution in [3.8, 4) is 0 Å². The molecule has 2 aromatic carbocycles. The highest BCUT2D eigenvalue weighted by Crippen LogP contribution is 2.29. The van der Waals surface area contributed by atoms with E-state index in [1.807, 2.05) is 23.7 Å². The van der Waals surface area contributed by atoms with E-state index in [1.54, 1.807) is 12.1 Å². The van der Waals surface area contributed by atoms with Crippen molar-refractivity contribution in [2.45, 2.75) is 32.5 Å². The summed E-state index contributed by atoms with van der Waals surface area (Å²) in [6.45, 7) is 5.26. The second-order valence-corrected chi connectivity index (χ2v) is 9.41. The molecule has 7 heteroatoms. The number of halogens is 1. The predicted octanol–water partition coefficient (Wildman–Crippen LogP) is 4.60. The van der Waals surface area contributed by atoms with Crippen LogP contribution in [-0.4, -0.2) is 39.7 Å². The van der Waals surface area contributed by atoms with Crippen LogP contribution in [0.4, 0.5) is 4.39 Å². The Morgan fingerprint density at radius 3 is 2.66 bits per heavy atom. The minimum atomic E-state index is -0.250. The van der Waals surface area contributed by atoms with E-state index in [2.05, 4.69) is 39.6 Å². The van der Waals surface area contributed by atoms with Crippen LogP contribution < -0.4 is 5.32 Å². The van der Waals surface area contributed by atoms with E-state index in [1.165, 1.54) is 29.0 Å². The molecule has 0 aliphatic carbocycles. The third-order valence-corrected chi connectivity index (χ3v) is 7.08. The van der Waals surface area contributed by atoms with Crippen LogP contribution in [-0.2, 0) is 13.1 Å². The molecule has 1 N–H and O–H groups in total. The number of likely N-dealkylation sites (tertiary alicyclic amines) is 1. The lowest BCUT2D eigenvalue weighted by Crippen LogP contribution is -2.36. The van der Waals surface area contributed by atoms with Gasteiger partial charge in [-0.15, -0.1) is 11.3 Å². The number of thiophene rings is 1. The molecule has 4 aromatic rings. The van der Waals surface area contributed by atoms with Crippen molar-refractivity contribution in [2.24, 2.45) is 0 Å². The summed E-state index contributed by atoms with van der Waals surface area (Å²) in [5.74, 6) is -0.273. The number of benzene rings is 2. The van der Waals surface area contributed by atoms with E-state index in [-0.39, 0.29) is 17.8 Å². The van der Waals surface area contributed by atoms with Gasteiger partial charge in [0.2, 0.25) is 0 Å². The summed E-state index contributed by atoms with van der Waals surface area (Å²) in [4.78, 5) is 17.0. The summed E-state index contributed by atoms with van der Waals surface area (Å²) in [5.41, 5.74) is 3.16. The number of amides is 1. The van der Waals surface area contributed by atoms with Gasteiger partial charge in [0.15, 0.2) is 0 Å². The standard InChI is InChI=1S/C25H25FN4OS/c1-17-22-13-23(32-25(22)30(28-17)15-19-7-9-20(26)10-8-19)24(31)27-21-11-12-29(16-21)14-18-5-3-2-4-6-18/h2-10,13,21H,11-12,14-16H2,1H3,(H,27,31)/t21-/m1/s1. The van der Waals surface area contributed by atoms with Gasteiger partial charge in [-0.05, 0) is 42.7 Å². The van der Waals surface area contributed by atoms with Crippen LogP contribution in [0, 0.1) is 12.7 Å². The SMILES string of the molecule is Cc1nn(Cc2ccc(F)cc2)c2sc(C(=O)N[C@@H]3CCN(Cc4ccccc4)C3)cc12. The summed E-state index contributed by atoms with van der Waals surface area (Å²) in [5, 5.41) is 8.83. The minimum absolute atomic E-state index is 0.0227. The number of rotatable bonds is 6. The molecule has 32 heavy (non-hydrogen) atoms. The van der Waals surface area contributed by atoms with Gasteiger partial charge in [0, 0.05) is 31.1 Å². The van der Waals surface area contributed by atoms with Gasteiger partial charge in [-0.25, -0.2) is 4.39 Å². The fourth-order valence-corrected chi connectivity index (χ4v) is 5.35. The lowest BCUT2D eigenvalue weighted by atomic mass is 10.2. The van der Waals surface area contributed by atoms with Crippen molar-refractivity contribution in [1.29, 1.82) is 0 Å². The number of aromatic nitrogens is 2. The van der Waals surface area contributed by atoms with Crippen LogP contribution in [0.1, 0.15) is 32.9 Å². The molecule has 1 aliphatic heterocycles. The zero-order valence-corrected chi connectivity index (χ0v) is 18.7. The lowest BCUT2D eigenvalue weighted by molar-refractivity contribution is 0.0942. The summed E-state index contributed by atoms with van der Waals surface area (Å²) in [6.07, 6.45) is 0.959. The maximum absolute atomic E-state index is 13.2. The fraction of sp³-hybridized carbons (Fsp3) is 0.280. The first kappa shape index (κ1) is 20.8. The van der Waals surface area contributed by atoms with Gasteiger partial charge in [0.1, 0.15) is 10.6 Å². The number of carbonyl (C=O) groups excluding carboxylic acids is 1. The molecule has 5 nitrogen and oxygen atoms in total. The number of carbonyl (C=O) groups is 1. The van der Waals surface area contributed by atoms with Crippen molar-refractivity contribution in [3.05, 3.63) is 88.2 Å². The quantitative estimate of drug-likeness (QED) is 0.469. The third-order valence-electron chi connectivity index (χ3n) is 5.93. The van der Waals surface area contributed by atoms with E-state index >= 15 is 0 Å². The Hall–Kier alpha value is -3.03. The first-order valence-electron chi connectivity index (χ1n) is 10.8. The highest BCUT2D eigenvalue weighted by molar-refractivity contribution is 7.20. The Balaban J connectivity index is 1.25. The monoisotopic (exact) mass is 448 g/mol. The zero-order chi connectivity index (χ0) is 22.1. The number of nitrogens with one attached hydrogen (secondary N) is 1. The van der Waals surface area contributed by atoms with Crippen molar-refractivity contribution in [3.63, 3.8) is 0 Å². The Labute approximate surface area is 190 Å². The van der Waals surface area contributed by atoms with E-state index in [4.69, 9.17) is 0 Å². The van der Waals surface area contributed by atoms with Crippen LogP contribution in [0.25, 0.3) is 10.2 Å². The molecule has 0 spiro atoms. The lowest BCUT2D eigenvalue weighted by Gasteiger charge is -2.16. The van der Waals surface area contributed by atoms with Crippen molar-refractivity contribution < 1.29 is 9.18 Å². The number of hydrogen-bond acceptors (Lipinski definition) is 4. The largest absolute Gasteiger partial charge is 0.347 e. The second kappa shape index (κ2) is 8.84.